The number of sulfonamides is 1. The molecule has 1 saturated heterocycles. The van der Waals surface area contributed by atoms with Crippen LogP contribution in [0.3, 0.4) is 0 Å². The van der Waals surface area contributed by atoms with Crippen LogP contribution in [-0.2, 0) is 14.8 Å². The molecule has 0 radical (unpaired) electrons. The lowest BCUT2D eigenvalue weighted by Crippen LogP contribution is -2.51. The van der Waals surface area contributed by atoms with E-state index in [9.17, 15) is 13.2 Å². The minimum absolute atomic E-state index is 0.0470. The molecule has 0 atom stereocenters. The largest absolute Gasteiger partial charge is 0.484 e. The van der Waals surface area contributed by atoms with Crippen LogP contribution < -0.4 is 4.74 Å². The van der Waals surface area contributed by atoms with Crippen molar-refractivity contribution in [2.75, 3.05) is 32.8 Å². The third-order valence-electron chi connectivity index (χ3n) is 4.93. The average molecular weight is 403 g/mol. The number of rotatable bonds is 5. The van der Waals surface area contributed by atoms with E-state index in [1.54, 1.807) is 29.2 Å². The molecular formula is C21H26N2O4S. The first kappa shape index (κ1) is 20.4. The highest BCUT2D eigenvalue weighted by molar-refractivity contribution is 7.89. The molecule has 2 aromatic carbocycles. The lowest BCUT2D eigenvalue weighted by molar-refractivity contribution is -0.134. The summed E-state index contributed by atoms with van der Waals surface area (Å²) >= 11 is 0. The van der Waals surface area contributed by atoms with Gasteiger partial charge < -0.3 is 9.64 Å². The summed E-state index contributed by atoms with van der Waals surface area (Å²) in [5.41, 5.74) is 3.14. The van der Waals surface area contributed by atoms with Crippen molar-refractivity contribution >= 4 is 15.9 Å². The molecule has 3 rings (SSSR count). The average Bonchev–Trinajstić information content (AvgIpc) is 2.67. The molecule has 0 N–H and O–H groups in total. The smallest absolute Gasteiger partial charge is 0.260 e. The Hall–Kier alpha value is -2.38. The molecule has 1 fully saturated rings. The Morgan fingerprint density at radius 1 is 0.929 bits per heavy atom. The summed E-state index contributed by atoms with van der Waals surface area (Å²) < 4.78 is 32.6. The molecule has 7 heteroatoms. The highest BCUT2D eigenvalue weighted by Crippen LogP contribution is 2.20. The van der Waals surface area contributed by atoms with Gasteiger partial charge in [0.1, 0.15) is 5.75 Å². The lowest BCUT2D eigenvalue weighted by atomic mass is 10.1. The number of carbonyl (C=O) groups is 1. The molecular weight excluding hydrogens is 376 g/mol. The molecule has 0 spiro atoms. The van der Waals surface area contributed by atoms with Crippen LogP contribution in [-0.4, -0.2) is 56.3 Å². The fraction of sp³-hybridized carbons (Fsp3) is 0.381. The van der Waals surface area contributed by atoms with Crippen molar-refractivity contribution in [2.24, 2.45) is 0 Å². The van der Waals surface area contributed by atoms with Gasteiger partial charge in [-0.15, -0.1) is 0 Å². The first-order valence-corrected chi connectivity index (χ1v) is 10.8. The zero-order valence-corrected chi connectivity index (χ0v) is 17.3. The fourth-order valence-electron chi connectivity index (χ4n) is 3.23. The van der Waals surface area contributed by atoms with E-state index in [-0.39, 0.29) is 30.5 Å². The normalized spacial score (nSPS) is 15.5. The summed E-state index contributed by atoms with van der Waals surface area (Å²) in [5.74, 6) is 0.562. The Balaban J connectivity index is 1.55. The van der Waals surface area contributed by atoms with Crippen molar-refractivity contribution in [2.45, 2.75) is 25.7 Å². The molecule has 28 heavy (non-hydrogen) atoms. The highest BCUT2D eigenvalue weighted by Gasteiger charge is 2.30. The van der Waals surface area contributed by atoms with Gasteiger partial charge in [-0.2, -0.15) is 4.31 Å². The van der Waals surface area contributed by atoms with E-state index in [0.29, 0.717) is 18.8 Å². The molecule has 1 heterocycles. The second kappa shape index (κ2) is 8.32. The van der Waals surface area contributed by atoms with E-state index in [0.717, 1.165) is 16.7 Å². The standard InChI is InChI=1S/C21H26N2O4S/c1-16-4-7-19(8-5-16)28(25,26)23-12-10-22(11-13-23)21(24)15-27-20-9-6-17(2)14-18(20)3/h4-9,14H,10-13,15H2,1-3H3. The summed E-state index contributed by atoms with van der Waals surface area (Å²) in [7, 11) is -3.53. The summed E-state index contributed by atoms with van der Waals surface area (Å²) in [6.45, 7) is 7.11. The van der Waals surface area contributed by atoms with E-state index < -0.39 is 10.0 Å². The predicted molar refractivity (Wildman–Crippen MR) is 108 cm³/mol. The highest BCUT2D eigenvalue weighted by atomic mass is 32.2. The van der Waals surface area contributed by atoms with Gasteiger partial charge in [-0.05, 0) is 44.5 Å². The number of carbonyl (C=O) groups excluding carboxylic acids is 1. The molecule has 0 aromatic heterocycles. The maximum absolute atomic E-state index is 12.7. The van der Waals surface area contributed by atoms with Gasteiger partial charge in [-0.25, -0.2) is 8.42 Å². The Morgan fingerprint density at radius 3 is 2.14 bits per heavy atom. The molecule has 0 saturated carbocycles. The van der Waals surface area contributed by atoms with Crippen LogP contribution in [0.5, 0.6) is 5.75 Å². The maximum atomic E-state index is 12.7. The summed E-state index contributed by atoms with van der Waals surface area (Å²) in [6, 6.07) is 12.6. The lowest BCUT2D eigenvalue weighted by Gasteiger charge is -2.34. The zero-order valence-electron chi connectivity index (χ0n) is 16.5. The van der Waals surface area contributed by atoms with Gasteiger partial charge in [0, 0.05) is 26.2 Å². The number of aryl methyl sites for hydroxylation is 3. The van der Waals surface area contributed by atoms with Crippen molar-refractivity contribution in [1.29, 1.82) is 0 Å². The summed E-state index contributed by atoms with van der Waals surface area (Å²) in [6.07, 6.45) is 0. The van der Waals surface area contributed by atoms with Crippen LogP contribution in [0.15, 0.2) is 47.4 Å². The van der Waals surface area contributed by atoms with Gasteiger partial charge in [0.25, 0.3) is 5.91 Å². The van der Waals surface area contributed by atoms with E-state index >= 15 is 0 Å². The Kier molecular flexibility index (Phi) is 6.05. The van der Waals surface area contributed by atoms with Crippen molar-refractivity contribution in [3.63, 3.8) is 0 Å². The third kappa shape index (κ3) is 4.54. The van der Waals surface area contributed by atoms with Gasteiger partial charge in [0.15, 0.2) is 6.61 Å². The van der Waals surface area contributed by atoms with Crippen LogP contribution >= 0.6 is 0 Å². The number of amides is 1. The number of piperazine rings is 1. The molecule has 0 bridgehead atoms. The van der Waals surface area contributed by atoms with E-state index in [2.05, 4.69) is 0 Å². The molecule has 6 nitrogen and oxygen atoms in total. The Bertz CT molecular complexity index is 947. The summed E-state index contributed by atoms with van der Waals surface area (Å²) in [4.78, 5) is 14.4. The summed E-state index contributed by atoms with van der Waals surface area (Å²) in [5, 5.41) is 0. The number of hydrogen-bond acceptors (Lipinski definition) is 4. The second-order valence-electron chi connectivity index (χ2n) is 7.16. The quantitative estimate of drug-likeness (QED) is 0.771. The van der Waals surface area contributed by atoms with Crippen molar-refractivity contribution in [1.82, 2.24) is 9.21 Å². The number of hydrogen-bond donors (Lipinski definition) is 0. The van der Waals surface area contributed by atoms with Crippen molar-refractivity contribution in [3.8, 4) is 5.75 Å². The monoisotopic (exact) mass is 402 g/mol. The van der Waals surface area contributed by atoms with Crippen LogP contribution in [0.2, 0.25) is 0 Å². The predicted octanol–water partition coefficient (Wildman–Crippen LogP) is 2.52. The Morgan fingerprint density at radius 2 is 1.54 bits per heavy atom. The van der Waals surface area contributed by atoms with Crippen LogP contribution in [0, 0.1) is 20.8 Å². The van der Waals surface area contributed by atoms with Gasteiger partial charge in [-0.3, -0.25) is 4.79 Å². The van der Waals surface area contributed by atoms with Crippen LogP contribution in [0.1, 0.15) is 16.7 Å². The number of ether oxygens (including phenoxy) is 1. The maximum Gasteiger partial charge on any atom is 0.260 e. The Labute approximate surface area is 166 Å². The van der Waals surface area contributed by atoms with Crippen LogP contribution in [0.4, 0.5) is 0 Å². The first-order chi connectivity index (χ1) is 13.3. The van der Waals surface area contributed by atoms with Crippen molar-refractivity contribution in [3.05, 3.63) is 59.2 Å². The molecule has 0 aliphatic carbocycles. The van der Waals surface area contributed by atoms with E-state index in [1.807, 2.05) is 39.0 Å². The molecule has 1 aliphatic rings. The van der Waals surface area contributed by atoms with Gasteiger partial charge >= 0.3 is 0 Å². The van der Waals surface area contributed by atoms with E-state index in [4.69, 9.17) is 4.74 Å². The topological polar surface area (TPSA) is 66.9 Å². The van der Waals surface area contributed by atoms with Gasteiger partial charge in [-0.1, -0.05) is 35.4 Å². The van der Waals surface area contributed by atoms with Gasteiger partial charge in [0.05, 0.1) is 4.90 Å². The number of benzene rings is 2. The molecule has 2 aromatic rings. The minimum atomic E-state index is -3.53. The molecule has 1 aliphatic heterocycles. The molecule has 150 valence electrons. The zero-order chi connectivity index (χ0) is 20.3. The second-order valence-corrected chi connectivity index (χ2v) is 9.09. The van der Waals surface area contributed by atoms with Crippen molar-refractivity contribution < 1.29 is 17.9 Å². The molecule has 0 unspecified atom stereocenters. The fourth-order valence-corrected chi connectivity index (χ4v) is 4.65. The minimum Gasteiger partial charge on any atom is -0.484 e. The number of nitrogens with zero attached hydrogens (tertiary/aromatic N) is 2. The third-order valence-corrected chi connectivity index (χ3v) is 6.84. The first-order valence-electron chi connectivity index (χ1n) is 9.32. The van der Waals surface area contributed by atoms with E-state index in [1.165, 1.54) is 4.31 Å². The molecule has 1 amide bonds. The SMILES string of the molecule is Cc1ccc(S(=O)(=O)N2CCN(C(=O)COc3ccc(C)cc3C)CC2)cc1. The van der Waals surface area contributed by atoms with Crippen LogP contribution in [0.25, 0.3) is 0 Å². The van der Waals surface area contributed by atoms with Gasteiger partial charge in [0.2, 0.25) is 10.0 Å².